The quantitative estimate of drug-likeness (QED) is 0.872. The molecule has 0 aliphatic heterocycles. The topological polar surface area (TPSA) is 59.6 Å². The third-order valence-corrected chi connectivity index (χ3v) is 3.44. The highest BCUT2D eigenvalue weighted by molar-refractivity contribution is 9.10. The second kappa shape index (κ2) is 6.99. The number of benzene rings is 2. The molecule has 0 fully saturated rings. The van der Waals surface area contributed by atoms with E-state index < -0.39 is 0 Å². The monoisotopic (exact) mass is 350 g/mol. The zero-order valence-corrected chi connectivity index (χ0v) is 13.2. The molecular formula is C15H15BrN2O3. The molecule has 0 atom stereocenters. The van der Waals surface area contributed by atoms with Crippen LogP contribution >= 0.6 is 15.9 Å². The van der Waals surface area contributed by atoms with Gasteiger partial charge in [0, 0.05) is 22.3 Å². The van der Waals surface area contributed by atoms with Crippen LogP contribution in [0, 0.1) is 0 Å². The molecule has 6 heteroatoms. The van der Waals surface area contributed by atoms with Gasteiger partial charge in [-0.3, -0.25) is 0 Å². The largest absolute Gasteiger partial charge is 0.497 e. The molecule has 2 amide bonds. The minimum Gasteiger partial charge on any atom is -0.497 e. The molecule has 0 spiro atoms. The smallest absolute Gasteiger partial charge is 0.323 e. The molecule has 0 saturated heterocycles. The van der Waals surface area contributed by atoms with E-state index in [1.807, 2.05) is 6.07 Å². The number of anilines is 2. The van der Waals surface area contributed by atoms with E-state index >= 15 is 0 Å². The fourth-order valence-corrected chi connectivity index (χ4v) is 2.06. The number of amides is 2. The van der Waals surface area contributed by atoms with Crippen LogP contribution in [0.3, 0.4) is 0 Å². The summed E-state index contributed by atoms with van der Waals surface area (Å²) in [5, 5.41) is 5.49. The molecule has 2 aromatic rings. The van der Waals surface area contributed by atoms with Gasteiger partial charge in [0.2, 0.25) is 0 Å². The summed E-state index contributed by atoms with van der Waals surface area (Å²) in [6.07, 6.45) is 0. The molecule has 2 aromatic carbocycles. The van der Waals surface area contributed by atoms with Gasteiger partial charge in [0.1, 0.15) is 11.5 Å². The van der Waals surface area contributed by atoms with Crippen LogP contribution in [0.1, 0.15) is 0 Å². The van der Waals surface area contributed by atoms with Crippen molar-refractivity contribution < 1.29 is 14.3 Å². The Hall–Kier alpha value is -2.21. The van der Waals surface area contributed by atoms with Gasteiger partial charge in [-0.25, -0.2) is 4.79 Å². The number of carbonyl (C=O) groups is 1. The number of rotatable bonds is 4. The number of hydrogen-bond donors (Lipinski definition) is 2. The Morgan fingerprint density at radius 2 is 1.71 bits per heavy atom. The number of hydrogen-bond acceptors (Lipinski definition) is 3. The predicted molar refractivity (Wildman–Crippen MR) is 86.3 cm³/mol. The number of urea groups is 1. The minimum absolute atomic E-state index is 0.350. The van der Waals surface area contributed by atoms with E-state index in [-0.39, 0.29) is 6.03 Å². The van der Waals surface area contributed by atoms with Gasteiger partial charge >= 0.3 is 6.03 Å². The maximum absolute atomic E-state index is 12.0. The van der Waals surface area contributed by atoms with E-state index in [0.717, 1.165) is 4.47 Å². The zero-order chi connectivity index (χ0) is 15.2. The van der Waals surface area contributed by atoms with Gasteiger partial charge in [-0.2, -0.15) is 0 Å². The number of methoxy groups -OCH3 is 2. The standard InChI is InChI=1S/C15H15BrN2O3/c1-20-11-5-3-4-10(8-11)17-15(19)18-14-9-12(21-2)6-7-13(14)16/h3-9H,1-2H3,(H2,17,18,19). The van der Waals surface area contributed by atoms with Crippen LogP contribution in [0.5, 0.6) is 11.5 Å². The van der Waals surface area contributed by atoms with Crippen LogP contribution in [0.4, 0.5) is 16.2 Å². The Morgan fingerprint density at radius 3 is 2.43 bits per heavy atom. The second-order valence-corrected chi connectivity index (χ2v) is 5.01. The van der Waals surface area contributed by atoms with Crippen LogP contribution in [0.2, 0.25) is 0 Å². The first-order chi connectivity index (χ1) is 10.1. The normalized spacial score (nSPS) is 9.86. The van der Waals surface area contributed by atoms with Crippen molar-refractivity contribution in [2.75, 3.05) is 24.9 Å². The summed E-state index contributed by atoms with van der Waals surface area (Å²) >= 11 is 3.38. The van der Waals surface area contributed by atoms with Crippen molar-refractivity contribution in [2.24, 2.45) is 0 Å². The van der Waals surface area contributed by atoms with Crippen molar-refractivity contribution in [1.29, 1.82) is 0 Å². The highest BCUT2D eigenvalue weighted by atomic mass is 79.9. The van der Waals surface area contributed by atoms with Gasteiger partial charge < -0.3 is 20.1 Å². The number of carbonyl (C=O) groups excluding carboxylic acids is 1. The molecule has 21 heavy (non-hydrogen) atoms. The fourth-order valence-electron chi connectivity index (χ4n) is 1.71. The van der Waals surface area contributed by atoms with Gasteiger partial charge in [0.15, 0.2) is 0 Å². The number of halogens is 1. The van der Waals surface area contributed by atoms with Gasteiger partial charge in [-0.05, 0) is 40.2 Å². The van der Waals surface area contributed by atoms with E-state index in [9.17, 15) is 4.79 Å². The molecule has 2 N–H and O–H groups in total. The lowest BCUT2D eigenvalue weighted by Crippen LogP contribution is -2.19. The van der Waals surface area contributed by atoms with E-state index in [4.69, 9.17) is 9.47 Å². The van der Waals surface area contributed by atoms with E-state index in [2.05, 4.69) is 26.6 Å². The van der Waals surface area contributed by atoms with E-state index in [0.29, 0.717) is 22.9 Å². The van der Waals surface area contributed by atoms with Gasteiger partial charge in [-0.1, -0.05) is 6.07 Å². The zero-order valence-electron chi connectivity index (χ0n) is 11.6. The first kappa shape index (κ1) is 15.2. The summed E-state index contributed by atoms with van der Waals surface area (Å²) in [7, 11) is 3.15. The van der Waals surface area contributed by atoms with E-state index in [1.165, 1.54) is 0 Å². The van der Waals surface area contributed by atoms with Crippen LogP contribution in [0.25, 0.3) is 0 Å². The Labute approximate surface area is 131 Å². The lowest BCUT2D eigenvalue weighted by atomic mass is 10.3. The Morgan fingerprint density at radius 1 is 1.00 bits per heavy atom. The molecule has 0 aliphatic rings. The Kier molecular flexibility index (Phi) is 5.05. The van der Waals surface area contributed by atoms with Crippen LogP contribution in [-0.4, -0.2) is 20.3 Å². The van der Waals surface area contributed by atoms with Crippen molar-refractivity contribution in [1.82, 2.24) is 0 Å². The molecule has 0 aliphatic carbocycles. The molecule has 2 rings (SSSR count). The summed E-state index contributed by atoms with van der Waals surface area (Å²) in [4.78, 5) is 12.0. The van der Waals surface area contributed by atoms with Gasteiger partial charge in [0.25, 0.3) is 0 Å². The SMILES string of the molecule is COc1cccc(NC(=O)Nc2cc(OC)ccc2Br)c1. The molecule has 0 aromatic heterocycles. The average Bonchev–Trinajstić information content (AvgIpc) is 2.49. The van der Waals surface area contributed by atoms with Crippen LogP contribution < -0.4 is 20.1 Å². The molecule has 110 valence electrons. The number of ether oxygens (including phenoxy) is 2. The Balaban J connectivity index is 2.07. The van der Waals surface area contributed by atoms with Crippen LogP contribution in [-0.2, 0) is 0 Å². The maximum atomic E-state index is 12.0. The molecule has 0 saturated carbocycles. The van der Waals surface area contributed by atoms with Crippen molar-refractivity contribution in [2.45, 2.75) is 0 Å². The molecular weight excluding hydrogens is 336 g/mol. The first-order valence-corrected chi connectivity index (χ1v) is 6.97. The Bertz CT molecular complexity index is 647. The first-order valence-electron chi connectivity index (χ1n) is 6.18. The minimum atomic E-state index is -0.350. The maximum Gasteiger partial charge on any atom is 0.323 e. The molecule has 0 unspecified atom stereocenters. The third kappa shape index (κ3) is 4.13. The number of nitrogens with one attached hydrogen (secondary N) is 2. The highest BCUT2D eigenvalue weighted by Crippen LogP contribution is 2.27. The van der Waals surface area contributed by atoms with Gasteiger partial charge in [-0.15, -0.1) is 0 Å². The molecule has 5 nitrogen and oxygen atoms in total. The predicted octanol–water partition coefficient (Wildman–Crippen LogP) is 4.11. The lowest BCUT2D eigenvalue weighted by Gasteiger charge is -2.11. The summed E-state index contributed by atoms with van der Waals surface area (Å²) in [5.74, 6) is 1.34. The lowest BCUT2D eigenvalue weighted by molar-refractivity contribution is 0.262. The van der Waals surface area contributed by atoms with Gasteiger partial charge in [0.05, 0.1) is 19.9 Å². The molecule has 0 heterocycles. The summed E-state index contributed by atoms with van der Waals surface area (Å²) in [5.41, 5.74) is 1.26. The summed E-state index contributed by atoms with van der Waals surface area (Å²) in [6.45, 7) is 0. The van der Waals surface area contributed by atoms with Crippen molar-refractivity contribution in [3.63, 3.8) is 0 Å². The molecule has 0 bridgehead atoms. The molecule has 0 radical (unpaired) electrons. The fraction of sp³-hybridized carbons (Fsp3) is 0.133. The van der Waals surface area contributed by atoms with Crippen molar-refractivity contribution in [3.8, 4) is 11.5 Å². The summed E-state index contributed by atoms with van der Waals surface area (Å²) in [6, 6.07) is 12.1. The third-order valence-electron chi connectivity index (χ3n) is 2.75. The summed E-state index contributed by atoms with van der Waals surface area (Å²) < 4.78 is 11.0. The van der Waals surface area contributed by atoms with Crippen molar-refractivity contribution in [3.05, 3.63) is 46.9 Å². The van der Waals surface area contributed by atoms with Crippen molar-refractivity contribution >= 4 is 33.3 Å². The van der Waals surface area contributed by atoms with Crippen LogP contribution in [0.15, 0.2) is 46.9 Å². The van der Waals surface area contributed by atoms with E-state index in [1.54, 1.807) is 50.6 Å². The highest BCUT2D eigenvalue weighted by Gasteiger charge is 2.07. The average molecular weight is 351 g/mol. The second-order valence-electron chi connectivity index (χ2n) is 4.16.